The molecule has 16 nitrogen and oxygen atoms in total. The molecule has 0 radical (unpaired) electrons. The number of amides is 3. The fourth-order valence-electron chi connectivity index (χ4n) is 8.07. The molecule has 308 valence electrons. The SMILES string of the molecule is Cn1nc(N2CCC(=O)NC2=O)c2ccc(C3CCN(CCOc4cc(S(=O)N5CCC(Nc6ncc7cc(C(F)F)c(=O)n(C)c7n6)CC5)ccc4C#N)CC3)cc21. The number of nitrogens with zero attached hydrogens (tertiary/aromatic N) is 9. The average Bonchev–Trinajstić information content (AvgIpc) is 3.57. The summed E-state index contributed by atoms with van der Waals surface area (Å²) in [6.45, 7) is 4.10. The molecule has 1 unspecified atom stereocenters. The van der Waals surface area contributed by atoms with E-state index >= 15 is 0 Å². The Labute approximate surface area is 340 Å². The van der Waals surface area contributed by atoms with E-state index in [9.17, 15) is 32.6 Å². The van der Waals surface area contributed by atoms with Gasteiger partial charge in [0.1, 0.15) is 35.1 Å². The predicted octanol–water partition coefficient (Wildman–Crippen LogP) is 4.33. The number of imide groups is 1. The second-order valence-electron chi connectivity index (χ2n) is 15.0. The number of ether oxygens (including phenoxy) is 1. The summed E-state index contributed by atoms with van der Waals surface area (Å²) in [4.78, 5) is 49.6. The Balaban J connectivity index is 0.823. The molecule has 3 fully saturated rings. The summed E-state index contributed by atoms with van der Waals surface area (Å²) in [6, 6.07) is 14.1. The van der Waals surface area contributed by atoms with E-state index in [2.05, 4.69) is 48.8 Å². The van der Waals surface area contributed by atoms with Gasteiger partial charge >= 0.3 is 6.03 Å². The number of halogens is 2. The maximum atomic E-state index is 13.7. The van der Waals surface area contributed by atoms with Crippen molar-refractivity contribution in [2.75, 3.05) is 56.1 Å². The lowest BCUT2D eigenvalue weighted by Crippen LogP contribution is -2.49. The number of hydrogen-bond donors (Lipinski definition) is 2. The van der Waals surface area contributed by atoms with E-state index in [0.717, 1.165) is 47.5 Å². The second-order valence-corrected chi connectivity index (χ2v) is 16.5. The number of carbonyl (C=O) groups excluding carboxylic acids is 2. The number of rotatable bonds is 11. The number of aryl methyl sites for hydroxylation is 2. The molecular formula is C40H43F2N11O5S. The van der Waals surface area contributed by atoms with E-state index in [0.29, 0.717) is 79.0 Å². The van der Waals surface area contributed by atoms with E-state index in [1.807, 2.05) is 17.4 Å². The number of anilines is 2. The summed E-state index contributed by atoms with van der Waals surface area (Å²) in [7, 11) is 1.77. The summed E-state index contributed by atoms with van der Waals surface area (Å²) in [5.41, 5.74) is 1.36. The number of piperidine rings is 2. The van der Waals surface area contributed by atoms with Crippen LogP contribution in [0.15, 0.2) is 58.4 Å². The Morgan fingerprint density at radius 2 is 1.80 bits per heavy atom. The van der Waals surface area contributed by atoms with Crippen molar-refractivity contribution in [1.29, 1.82) is 5.26 Å². The molecule has 0 saturated carbocycles. The topological polar surface area (TPSA) is 184 Å². The number of likely N-dealkylation sites (tertiary alicyclic amines) is 1. The average molecular weight is 828 g/mol. The first-order chi connectivity index (χ1) is 28.5. The number of hydrogen-bond acceptors (Lipinski definition) is 11. The normalized spacial score (nSPS) is 18.1. The van der Waals surface area contributed by atoms with Gasteiger partial charge in [0, 0.05) is 69.7 Å². The highest BCUT2D eigenvalue weighted by atomic mass is 32.2. The molecule has 6 heterocycles. The molecule has 0 bridgehead atoms. The third kappa shape index (κ3) is 8.25. The van der Waals surface area contributed by atoms with Crippen LogP contribution in [0, 0.1) is 11.3 Å². The third-order valence-corrected chi connectivity index (χ3v) is 12.9. The number of nitrogens with one attached hydrogen (secondary N) is 2. The smallest absolute Gasteiger partial charge is 0.329 e. The van der Waals surface area contributed by atoms with Crippen LogP contribution in [0.2, 0.25) is 0 Å². The molecular weight excluding hydrogens is 785 g/mol. The maximum Gasteiger partial charge on any atom is 0.329 e. The fraction of sp³-hybridized carbons (Fsp3) is 0.425. The Bertz CT molecular complexity index is 2560. The first-order valence-electron chi connectivity index (χ1n) is 19.5. The molecule has 3 amide bonds. The van der Waals surface area contributed by atoms with Gasteiger partial charge < -0.3 is 10.1 Å². The largest absolute Gasteiger partial charge is 0.491 e. The molecule has 3 aromatic heterocycles. The molecule has 3 saturated heterocycles. The van der Waals surface area contributed by atoms with Crippen LogP contribution in [-0.2, 0) is 29.9 Å². The van der Waals surface area contributed by atoms with Crippen LogP contribution >= 0.6 is 0 Å². The highest BCUT2D eigenvalue weighted by molar-refractivity contribution is 7.82. The molecule has 2 aromatic carbocycles. The van der Waals surface area contributed by atoms with Gasteiger partial charge in [0.25, 0.3) is 12.0 Å². The van der Waals surface area contributed by atoms with Crippen LogP contribution in [0.5, 0.6) is 5.75 Å². The standard InChI is InChI=1S/C40H43F2N11O5S/c1-49-36-27(19-31(35(41)42)38(49)55)23-44-39(47-36)45-28-9-14-52(15-10-28)59(57)29-5-3-26(22-43)33(21-29)58-18-17-51-12-7-24(8-13-51)25-4-6-30-32(20-25)50(2)48-37(30)53-16-11-34(54)46-40(53)56/h3-6,19-21,23-24,28,35H,7-18H2,1-2H3,(H,44,45,47)(H,46,54,56). The molecule has 0 aliphatic carbocycles. The Kier molecular flexibility index (Phi) is 11.4. The zero-order valence-corrected chi connectivity index (χ0v) is 33.4. The lowest BCUT2D eigenvalue weighted by Gasteiger charge is -2.32. The number of benzene rings is 2. The number of aromatic nitrogens is 5. The monoisotopic (exact) mass is 827 g/mol. The van der Waals surface area contributed by atoms with E-state index in [4.69, 9.17) is 4.74 Å². The van der Waals surface area contributed by atoms with Crippen LogP contribution in [0.25, 0.3) is 21.9 Å². The van der Waals surface area contributed by atoms with Crippen molar-refractivity contribution in [3.8, 4) is 11.8 Å². The summed E-state index contributed by atoms with van der Waals surface area (Å²) in [5.74, 6) is 1.29. The quantitative estimate of drug-likeness (QED) is 0.193. The fourth-order valence-corrected chi connectivity index (χ4v) is 9.30. The van der Waals surface area contributed by atoms with Crippen molar-refractivity contribution in [2.45, 2.75) is 55.4 Å². The zero-order chi connectivity index (χ0) is 41.4. The molecule has 59 heavy (non-hydrogen) atoms. The van der Waals surface area contributed by atoms with Crippen LogP contribution < -0.4 is 25.8 Å². The van der Waals surface area contributed by atoms with Gasteiger partial charge in [0.15, 0.2) is 5.82 Å². The van der Waals surface area contributed by atoms with Gasteiger partial charge in [-0.2, -0.15) is 15.3 Å². The maximum absolute atomic E-state index is 13.7. The number of alkyl halides is 2. The van der Waals surface area contributed by atoms with Crippen molar-refractivity contribution in [3.05, 3.63) is 75.7 Å². The Morgan fingerprint density at radius 1 is 1.02 bits per heavy atom. The van der Waals surface area contributed by atoms with Gasteiger partial charge in [-0.25, -0.2) is 27.1 Å². The van der Waals surface area contributed by atoms with Gasteiger partial charge in [-0.3, -0.25) is 34.0 Å². The first-order valence-corrected chi connectivity index (χ1v) is 20.6. The Morgan fingerprint density at radius 3 is 2.53 bits per heavy atom. The molecule has 2 N–H and O–H groups in total. The number of pyridine rings is 1. The van der Waals surface area contributed by atoms with Crippen molar-refractivity contribution in [1.82, 2.24) is 38.8 Å². The van der Waals surface area contributed by atoms with E-state index in [-0.39, 0.29) is 30.0 Å². The van der Waals surface area contributed by atoms with Crippen LogP contribution in [0.3, 0.4) is 0 Å². The number of nitriles is 1. The highest BCUT2D eigenvalue weighted by Gasteiger charge is 2.30. The van der Waals surface area contributed by atoms with Crippen molar-refractivity contribution < 1.29 is 27.3 Å². The third-order valence-electron chi connectivity index (χ3n) is 11.4. The molecule has 8 rings (SSSR count). The summed E-state index contributed by atoms with van der Waals surface area (Å²) in [6.07, 6.45) is 1.93. The van der Waals surface area contributed by atoms with Gasteiger partial charge in [0.2, 0.25) is 11.9 Å². The minimum absolute atomic E-state index is 0.0360. The molecule has 19 heteroatoms. The lowest BCUT2D eigenvalue weighted by molar-refractivity contribution is -0.120. The molecule has 3 aliphatic heterocycles. The van der Waals surface area contributed by atoms with Gasteiger partial charge in [-0.15, -0.1) is 0 Å². The Hall–Kier alpha value is -5.84. The van der Waals surface area contributed by atoms with Crippen molar-refractivity contribution in [2.24, 2.45) is 14.1 Å². The molecule has 1 atom stereocenters. The van der Waals surface area contributed by atoms with E-state index < -0.39 is 34.6 Å². The molecule has 5 aromatic rings. The van der Waals surface area contributed by atoms with Crippen LogP contribution in [0.1, 0.15) is 61.1 Å². The van der Waals surface area contributed by atoms with Crippen LogP contribution in [-0.4, -0.2) is 102 Å². The summed E-state index contributed by atoms with van der Waals surface area (Å²) < 4.78 is 51.2. The minimum Gasteiger partial charge on any atom is -0.491 e. The van der Waals surface area contributed by atoms with E-state index in [1.165, 1.54) is 23.7 Å². The number of urea groups is 1. The summed E-state index contributed by atoms with van der Waals surface area (Å²) >= 11 is 0. The first kappa shape index (κ1) is 40.0. The van der Waals surface area contributed by atoms with E-state index in [1.54, 1.807) is 22.9 Å². The lowest BCUT2D eigenvalue weighted by atomic mass is 9.89. The van der Waals surface area contributed by atoms with Crippen molar-refractivity contribution >= 4 is 56.6 Å². The summed E-state index contributed by atoms with van der Waals surface area (Å²) in [5, 5.41) is 21.2. The minimum atomic E-state index is -2.90. The molecule has 3 aliphatic rings. The van der Waals surface area contributed by atoms with Gasteiger partial charge in [-0.05, 0) is 86.7 Å². The number of fused-ring (bicyclic) bond motifs is 2. The second kappa shape index (κ2) is 16.8. The zero-order valence-electron chi connectivity index (χ0n) is 32.6. The molecule has 0 spiro atoms. The van der Waals surface area contributed by atoms with Gasteiger partial charge in [0.05, 0.1) is 21.5 Å². The van der Waals surface area contributed by atoms with Crippen molar-refractivity contribution in [3.63, 3.8) is 0 Å². The van der Waals surface area contributed by atoms with Crippen LogP contribution in [0.4, 0.5) is 25.3 Å². The number of carbonyl (C=O) groups is 2. The highest BCUT2D eigenvalue weighted by Crippen LogP contribution is 2.34. The van der Waals surface area contributed by atoms with Gasteiger partial charge in [-0.1, -0.05) is 6.07 Å². The predicted molar refractivity (Wildman–Crippen MR) is 216 cm³/mol.